The van der Waals surface area contributed by atoms with E-state index < -0.39 is 6.04 Å². The van der Waals surface area contributed by atoms with Crippen LogP contribution in [-0.2, 0) is 16.1 Å². The predicted molar refractivity (Wildman–Crippen MR) is 130 cm³/mol. The maximum absolute atomic E-state index is 13.3. The van der Waals surface area contributed by atoms with Gasteiger partial charge in [0.15, 0.2) is 6.61 Å². The highest BCUT2D eigenvalue weighted by atomic mass is 35.5. The minimum absolute atomic E-state index is 0.151. The summed E-state index contributed by atoms with van der Waals surface area (Å²) in [5, 5.41) is 3.52. The lowest BCUT2D eigenvalue weighted by Crippen LogP contribution is -2.50. The van der Waals surface area contributed by atoms with Gasteiger partial charge in [0, 0.05) is 18.1 Å². The van der Waals surface area contributed by atoms with E-state index in [2.05, 4.69) is 19.2 Å². The standard InChI is InChI=1S/C26H35ClN2O3/c1-6-23(26(31)28-15-18(2)3)29(16-20-11-7-9-13-22(20)27)25(30)17-32-24-14-10-8-12-21(24)19(4)5/h7-14,18-19,23H,6,15-17H2,1-5H3,(H,28,31). The molecule has 0 aliphatic carbocycles. The average molecular weight is 459 g/mol. The lowest BCUT2D eigenvalue weighted by atomic mass is 10.0. The first-order valence-electron chi connectivity index (χ1n) is 11.3. The minimum atomic E-state index is -0.610. The van der Waals surface area contributed by atoms with Crippen LogP contribution in [0.3, 0.4) is 0 Å². The van der Waals surface area contributed by atoms with Crippen LogP contribution >= 0.6 is 11.6 Å². The van der Waals surface area contributed by atoms with Gasteiger partial charge in [-0.2, -0.15) is 0 Å². The van der Waals surface area contributed by atoms with E-state index in [-0.39, 0.29) is 30.9 Å². The van der Waals surface area contributed by atoms with Crippen molar-refractivity contribution < 1.29 is 14.3 Å². The van der Waals surface area contributed by atoms with Crippen LogP contribution in [0.15, 0.2) is 48.5 Å². The van der Waals surface area contributed by atoms with Crippen molar-refractivity contribution >= 4 is 23.4 Å². The Morgan fingerprint density at radius 3 is 2.31 bits per heavy atom. The van der Waals surface area contributed by atoms with Gasteiger partial charge in [-0.05, 0) is 41.5 Å². The molecule has 0 aromatic heterocycles. The number of hydrogen-bond donors (Lipinski definition) is 1. The molecular formula is C26H35ClN2O3. The maximum atomic E-state index is 13.3. The molecule has 5 nitrogen and oxygen atoms in total. The van der Waals surface area contributed by atoms with Crippen LogP contribution in [-0.4, -0.2) is 35.9 Å². The van der Waals surface area contributed by atoms with E-state index in [1.54, 1.807) is 11.0 Å². The molecule has 0 spiro atoms. The summed E-state index contributed by atoms with van der Waals surface area (Å²) in [6.07, 6.45) is 0.489. The molecule has 0 fully saturated rings. The Balaban J connectivity index is 2.25. The van der Waals surface area contributed by atoms with E-state index in [4.69, 9.17) is 16.3 Å². The SMILES string of the molecule is CCC(C(=O)NCC(C)C)N(Cc1ccccc1Cl)C(=O)COc1ccccc1C(C)C. The van der Waals surface area contributed by atoms with Crippen molar-refractivity contribution in [3.8, 4) is 5.75 Å². The number of rotatable bonds is 11. The highest BCUT2D eigenvalue weighted by molar-refractivity contribution is 6.31. The number of hydrogen-bond acceptors (Lipinski definition) is 3. The van der Waals surface area contributed by atoms with E-state index in [0.29, 0.717) is 29.7 Å². The van der Waals surface area contributed by atoms with Crippen molar-refractivity contribution in [2.24, 2.45) is 5.92 Å². The molecule has 6 heteroatoms. The zero-order valence-electron chi connectivity index (χ0n) is 19.7. The number of carbonyl (C=O) groups is 2. The molecule has 2 rings (SSSR count). The molecule has 2 aromatic carbocycles. The van der Waals surface area contributed by atoms with Gasteiger partial charge in [0.1, 0.15) is 11.8 Å². The third-order valence-corrected chi connectivity index (χ3v) is 5.63. The van der Waals surface area contributed by atoms with Gasteiger partial charge in [-0.25, -0.2) is 0 Å². The zero-order valence-corrected chi connectivity index (χ0v) is 20.5. The molecule has 0 radical (unpaired) electrons. The van der Waals surface area contributed by atoms with Gasteiger partial charge >= 0.3 is 0 Å². The van der Waals surface area contributed by atoms with Crippen molar-refractivity contribution in [3.63, 3.8) is 0 Å². The number of ether oxygens (including phenoxy) is 1. The largest absolute Gasteiger partial charge is 0.483 e. The van der Waals surface area contributed by atoms with E-state index in [1.807, 2.05) is 63.2 Å². The normalized spacial score (nSPS) is 12.0. The van der Waals surface area contributed by atoms with Gasteiger partial charge in [0.25, 0.3) is 5.91 Å². The Bertz CT molecular complexity index is 898. The first kappa shape index (κ1) is 25.7. The summed E-state index contributed by atoms with van der Waals surface area (Å²) in [5.41, 5.74) is 1.83. The van der Waals surface area contributed by atoms with Crippen LogP contribution in [0.2, 0.25) is 5.02 Å². The number of nitrogens with one attached hydrogen (secondary N) is 1. The van der Waals surface area contributed by atoms with E-state index in [1.165, 1.54) is 0 Å². The number of nitrogens with zero attached hydrogens (tertiary/aromatic N) is 1. The summed E-state index contributed by atoms with van der Waals surface area (Å²) in [6, 6.07) is 14.5. The second-order valence-electron chi connectivity index (χ2n) is 8.66. The summed E-state index contributed by atoms with van der Waals surface area (Å²) < 4.78 is 5.93. The van der Waals surface area contributed by atoms with E-state index in [9.17, 15) is 9.59 Å². The first-order valence-corrected chi connectivity index (χ1v) is 11.6. The predicted octanol–water partition coefficient (Wildman–Crippen LogP) is 5.42. The third-order valence-electron chi connectivity index (χ3n) is 5.26. The van der Waals surface area contributed by atoms with Crippen molar-refractivity contribution in [2.75, 3.05) is 13.2 Å². The molecule has 1 N–H and O–H groups in total. The monoisotopic (exact) mass is 458 g/mol. The lowest BCUT2D eigenvalue weighted by Gasteiger charge is -2.31. The lowest BCUT2D eigenvalue weighted by molar-refractivity contribution is -0.143. The van der Waals surface area contributed by atoms with Gasteiger partial charge in [-0.3, -0.25) is 9.59 Å². The zero-order chi connectivity index (χ0) is 23.7. The number of benzene rings is 2. The van der Waals surface area contributed by atoms with Crippen LogP contribution in [0, 0.1) is 5.92 Å². The van der Waals surface area contributed by atoms with Crippen LogP contribution in [0.1, 0.15) is 58.1 Å². The molecular weight excluding hydrogens is 424 g/mol. The molecule has 2 amide bonds. The molecule has 1 atom stereocenters. The maximum Gasteiger partial charge on any atom is 0.261 e. The van der Waals surface area contributed by atoms with Crippen LogP contribution in [0.4, 0.5) is 0 Å². The van der Waals surface area contributed by atoms with Gasteiger partial charge in [0.05, 0.1) is 0 Å². The van der Waals surface area contributed by atoms with Gasteiger partial charge in [-0.1, -0.05) is 82.6 Å². The molecule has 0 saturated carbocycles. The van der Waals surface area contributed by atoms with Crippen LogP contribution < -0.4 is 10.1 Å². The topological polar surface area (TPSA) is 58.6 Å². The molecule has 0 aliphatic rings. The fraction of sp³-hybridized carbons (Fsp3) is 0.462. The Labute approximate surface area is 197 Å². The summed E-state index contributed by atoms with van der Waals surface area (Å²) in [5.74, 6) is 0.857. The number of halogens is 1. The van der Waals surface area contributed by atoms with Gasteiger partial charge < -0.3 is 15.0 Å². The summed E-state index contributed by atoms with van der Waals surface area (Å²) in [7, 11) is 0. The van der Waals surface area contributed by atoms with Gasteiger partial charge in [0.2, 0.25) is 5.91 Å². The highest BCUT2D eigenvalue weighted by Gasteiger charge is 2.29. The Morgan fingerprint density at radius 1 is 1.03 bits per heavy atom. The quantitative estimate of drug-likeness (QED) is 0.489. The van der Waals surface area contributed by atoms with Crippen molar-refractivity contribution in [2.45, 2.75) is 59.5 Å². The number of amides is 2. The average Bonchev–Trinajstić information content (AvgIpc) is 2.77. The second kappa shape index (κ2) is 12.5. The molecule has 0 bridgehead atoms. The molecule has 32 heavy (non-hydrogen) atoms. The Hall–Kier alpha value is -2.53. The second-order valence-corrected chi connectivity index (χ2v) is 9.06. The highest BCUT2D eigenvalue weighted by Crippen LogP contribution is 2.26. The minimum Gasteiger partial charge on any atom is -0.483 e. The van der Waals surface area contributed by atoms with E-state index in [0.717, 1.165) is 11.1 Å². The molecule has 0 heterocycles. The van der Waals surface area contributed by atoms with Crippen molar-refractivity contribution in [3.05, 3.63) is 64.7 Å². The smallest absolute Gasteiger partial charge is 0.261 e. The first-order chi connectivity index (χ1) is 15.2. The molecule has 2 aromatic rings. The van der Waals surface area contributed by atoms with Crippen molar-refractivity contribution in [1.82, 2.24) is 10.2 Å². The summed E-state index contributed by atoms with van der Waals surface area (Å²) in [6.45, 7) is 10.8. The third kappa shape index (κ3) is 7.27. The number of para-hydroxylation sites is 1. The molecule has 174 valence electrons. The van der Waals surface area contributed by atoms with Crippen LogP contribution in [0.25, 0.3) is 0 Å². The summed E-state index contributed by atoms with van der Waals surface area (Å²) in [4.78, 5) is 27.9. The fourth-order valence-corrected chi connectivity index (χ4v) is 3.66. The summed E-state index contributed by atoms with van der Waals surface area (Å²) >= 11 is 6.36. The number of carbonyl (C=O) groups excluding carboxylic acids is 2. The van der Waals surface area contributed by atoms with Crippen LogP contribution in [0.5, 0.6) is 5.75 Å². The van der Waals surface area contributed by atoms with E-state index >= 15 is 0 Å². The Morgan fingerprint density at radius 2 is 1.69 bits per heavy atom. The van der Waals surface area contributed by atoms with Gasteiger partial charge in [-0.15, -0.1) is 0 Å². The molecule has 1 unspecified atom stereocenters. The molecule has 0 saturated heterocycles. The van der Waals surface area contributed by atoms with Crippen molar-refractivity contribution in [1.29, 1.82) is 0 Å². The Kier molecular flexibility index (Phi) is 10.0. The molecule has 0 aliphatic heterocycles. The fourth-order valence-electron chi connectivity index (χ4n) is 3.46.